The Hall–Kier alpha value is -1.45. The van der Waals surface area contributed by atoms with Gasteiger partial charge in [0.05, 0.1) is 17.9 Å². The minimum absolute atomic E-state index is 0.126. The predicted octanol–water partition coefficient (Wildman–Crippen LogP) is 1.42. The van der Waals surface area contributed by atoms with Crippen LogP contribution in [0.2, 0.25) is 0 Å². The number of aromatic nitrogens is 1. The second-order valence-electron chi connectivity index (χ2n) is 2.82. The molecule has 1 rings (SSSR count). The van der Waals surface area contributed by atoms with E-state index in [2.05, 4.69) is 10.3 Å². The summed E-state index contributed by atoms with van der Waals surface area (Å²) in [5, 5.41) is 2.65. The third-order valence-electron chi connectivity index (χ3n) is 1.61. The summed E-state index contributed by atoms with van der Waals surface area (Å²) in [6.07, 6.45) is 1.13. The minimum Gasteiger partial charge on any atom is -0.348 e. The first-order valence-electron chi connectivity index (χ1n) is 3.98. The SMILES string of the molecule is CC(=O)N[C@@H](C)c1ccc(F)cn1. The lowest BCUT2D eigenvalue weighted by Crippen LogP contribution is -2.24. The summed E-state index contributed by atoms with van der Waals surface area (Å²) < 4.78 is 12.5. The molecule has 0 aliphatic heterocycles. The van der Waals surface area contributed by atoms with Crippen LogP contribution < -0.4 is 5.32 Å². The fourth-order valence-electron chi connectivity index (χ4n) is 1.02. The van der Waals surface area contributed by atoms with Crippen molar-refractivity contribution < 1.29 is 9.18 Å². The molecule has 0 fully saturated rings. The molecule has 0 radical (unpaired) electrons. The topological polar surface area (TPSA) is 42.0 Å². The molecule has 0 saturated carbocycles. The fraction of sp³-hybridized carbons (Fsp3) is 0.333. The molecule has 13 heavy (non-hydrogen) atoms. The number of amides is 1. The normalized spacial score (nSPS) is 12.2. The summed E-state index contributed by atoms with van der Waals surface area (Å²) in [7, 11) is 0. The molecule has 70 valence electrons. The Morgan fingerprint density at radius 1 is 1.62 bits per heavy atom. The Morgan fingerprint density at radius 3 is 2.77 bits per heavy atom. The first-order valence-corrected chi connectivity index (χ1v) is 3.98. The van der Waals surface area contributed by atoms with Crippen LogP contribution in [0.5, 0.6) is 0 Å². The quantitative estimate of drug-likeness (QED) is 0.751. The summed E-state index contributed by atoms with van der Waals surface area (Å²) >= 11 is 0. The highest BCUT2D eigenvalue weighted by Gasteiger charge is 2.06. The molecular weight excluding hydrogens is 171 g/mol. The molecule has 1 aromatic heterocycles. The van der Waals surface area contributed by atoms with E-state index in [0.717, 1.165) is 6.20 Å². The van der Waals surface area contributed by atoms with Gasteiger partial charge in [0.15, 0.2) is 0 Å². The van der Waals surface area contributed by atoms with Crippen LogP contribution in [0, 0.1) is 5.82 Å². The van der Waals surface area contributed by atoms with Crippen LogP contribution in [0.4, 0.5) is 4.39 Å². The van der Waals surface area contributed by atoms with Crippen molar-refractivity contribution in [3.05, 3.63) is 29.8 Å². The Bertz CT molecular complexity index is 297. The summed E-state index contributed by atoms with van der Waals surface area (Å²) in [6.45, 7) is 3.22. The van der Waals surface area contributed by atoms with Crippen LogP contribution in [0.25, 0.3) is 0 Å². The van der Waals surface area contributed by atoms with Crippen LogP contribution in [-0.4, -0.2) is 10.9 Å². The Balaban J connectivity index is 2.71. The van der Waals surface area contributed by atoms with Crippen LogP contribution in [0.3, 0.4) is 0 Å². The standard InChI is InChI=1S/C9H11FN2O/c1-6(12-7(2)13)9-4-3-8(10)5-11-9/h3-6H,1-2H3,(H,12,13)/t6-/m0/s1. The van der Waals surface area contributed by atoms with Gasteiger partial charge >= 0.3 is 0 Å². The van der Waals surface area contributed by atoms with E-state index >= 15 is 0 Å². The number of halogens is 1. The van der Waals surface area contributed by atoms with E-state index in [-0.39, 0.29) is 17.8 Å². The van der Waals surface area contributed by atoms with Crippen LogP contribution >= 0.6 is 0 Å². The molecule has 4 heteroatoms. The zero-order chi connectivity index (χ0) is 9.84. The van der Waals surface area contributed by atoms with Gasteiger partial charge in [-0.05, 0) is 19.1 Å². The van der Waals surface area contributed by atoms with Crippen molar-refractivity contribution in [2.45, 2.75) is 19.9 Å². The zero-order valence-electron chi connectivity index (χ0n) is 7.54. The maximum absolute atomic E-state index is 12.5. The lowest BCUT2D eigenvalue weighted by molar-refractivity contribution is -0.119. The molecule has 1 aromatic rings. The van der Waals surface area contributed by atoms with Gasteiger partial charge in [0.25, 0.3) is 0 Å². The highest BCUT2D eigenvalue weighted by molar-refractivity contribution is 5.73. The Labute approximate surface area is 76.0 Å². The van der Waals surface area contributed by atoms with Gasteiger partial charge in [-0.1, -0.05) is 0 Å². The minimum atomic E-state index is -0.376. The maximum atomic E-state index is 12.5. The van der Waals surface area contributed by atoms with E-state index in [1.54, 1.807) is 13.0 Å². The molecule has 3 nitrogen and oxygen atoms in total. The molecule has 1 amide bonds. The van der Waals surface area contributed by atoms with E-state index in [4.69, 9.17) is 0 Å². The molecular formula is C9H11FN2O. The van der Waals surface area contributed by atoms with Gasteiger partial charge in [-0.2, -0.15) is 0 Å². The lowest BCUT2D eigenvalue weighted by Gasteiger charge is -2.10. The molecule has 1 heterocycles. The number of hydrogen-bond acceptors (Lipinski definition) is 2. The highest BCUT2D eigenvalue weighted by Crippen LogP contribution is 2.08. The molecule has 0 aromatic carbocycles. The maximum Gasteiger partial charge on any atom is 0.217 e. The van der Waals surface area contributed by atoms with Gasteiger partial charge in [0.1, 0.15) is 5.82 Å². The number of pyridine rings is 1. The van der Waals surface area contributed by atoms with Gasteiger partial charge in [-0.25, -0.2) is 4.39 Å². The van der Waals surface area contributed by atoms with Crippen LogP contribution in [0.1, 0.15) is 25.6 Å². The number of rotatable bonds is 2. The van der Waals surface area contributed by atoms with E-state index < -0.39 is 0 Å². The van der Waals surface area contributed by atoms with Crippen molar-refractivity contribution in [2.75, 3.05) is 0 Å². The van der Waals surface area contributed by atoms with E-state index in [0.29, 0.717) is 5.69 Å². The molecule has 0 spiro atoms. The van der Waals surface area contributed by atoms with Crippen LogP contribution in [0.15, 0.2) is 18.3 Å². The Morgan fingerprint density at radius 2 is 2.31 bits per heavy atom. The number of carbonyl (C=O) groups is 1. The van der Waals surface area contributed by atoms with Gasteiger partial charge in [0, 0.05) is 6.92 Å². The summed E-state index contributed by atoms with van der Waals surface area (Å²) in [4.78, 5) is 14.5. The van der Waals surface area contributed by atoms with Crippen molar-refractivity contribution >= 4 is 5.91 Å². The van der Waals surface area contributed by atoms with E-state index in [1.807, 2.05) is 0 Å². The second-order valence-corrected chi connectivity index (χ2v) is 2.82. The predicted molar refractivity (Wildman–Crippen MR) is 46.4 cm³/mol. The molecule has 1 atom stereocenters. The highest BCUT2D eigenvalue weighted by atomic mass is 19.1. The fourth-order valence-corrected chi connectivity index (χ4v) is 1.02. The molecule has 0 aliphatic rings. The number of carbonyl (C=O) groups excluding carboxylic acids is 1. The third kappa shape index (κ3) is 2.82. The summed E-state index contributed by atoms with van der Waals surface area (Å²) in [6, 6.07) is 2.69. The molecule has 0 bridgehead atoms. The monoisotopic (exact) mass is 182 g/mol. The van der Waals surface area contributed by atoms with Gasteiger partial charge < -0.3 is 5.32 Å². The van der Waals surface area contributed by atoms with E-state index in [9.17, 15) is 9.18 Å². The average molecular weight is 182 g/mol. The van der Waals surface area contributed by atoms with E-state index in [1.165, 1.54) is 13.0 Å². The lowest BCUT2D eigenvalue weighted by atomic mass is 10.2. The molecule has 1 N–H and O–H groups in total. The molecule has 0 unspecified atom stereocenters. The summed E-state index contributed by atoms with van der Waals surface area (Å²) in [5.74, 6) is -0.502. The van der Waals surface area contributed by atoms with Crippen LogP contribution in [-0.2, 0) is 4.79 Å². The molecule has 0 saturated heterocycles. The number of hydrogen-bond donors (Lipinski definition) is 1. The molecule has 0 aliphatic carbocycles. The van der Waals surface area contributed by atoms with Crippen molar-refractivity contribution in [1.29, 1.82) is 0 Å². The number of nitrogens with zero attached hydrogens (tertiary/aromatic N) is 1. The van der Waals surface area contributed by atoms with Crippen molar-refractivity contribution in [2.24, 2.45) is 0 Å². The van der Waals surface area contributed by atoms with Gasteiger partial charge in [-0.15, -0.1) is 0 Å². The van der Waals surface area contributed by atoms with Gasteiger partial charge in [0.2, 0.25) is 5.91 Å². The Kier molecular flexibility index (Phi) is 2.95. The number of nitrogens with one attached hydrogen (secondary N) is 1. The van der Waals surface area contributed by atoms with Gasteiger partial charge in [-0.3, -0.25) is 9.78 Å². The summed E-state index contributed by atoms with van der Waals surface area (Å²) in [5.41, 5.74) is 0.650. The average Bonchev–Trinajstić information content (AvgIpc) is 2.04. The third-order valence-corrected chi connectivity index (χ3v) is 1.61. The largest absolute Gasteiger partial charge is 0.348 e. The smallest absolute Gasteiger partial charge is 0.217 e. The van der Waals surface area contributed by atoms with Crippen molar-refractivity contribution in [1.82, 2.24) is 10.3 Å². The first-order chi connectivity index (χ1) is 6.09. The van der Waals surface area contributed by atoms with Crippen molar-refractivity contribution in [3.8, 4) is 0 Å². The zero-order valence-corrected chi connectivity index (χ0v) is 7.54. The first kappa shape index (κ1) is 9.64. The van der Waals surface area contributed by atoms with Crippen molar-refractivity contribution in [3.63, 3.8) is 0 Å². The second kappa shape index (κ2) is 3.98.